The Bertz CT molecular complexity index is 846. The summed E-state index contributed by atoms with van der Waals surface area (Å²) in [4.78, 5) is 11.7. The lowest BCUT2D eigenvalue weighted by Gasteiger charge is -2.24. The highest BCUT2D eigenvalue weighted by molar-refractivity contribution is 5.86. The summed E-state index contributed by atoms with van der Waals surface area (Å²) >= 11 is 0. The van der Waals surface area contributed by atoms with Crippen LogP contribution in [0, 0.1) is 0 Å². The molecule has 1 saturated heterocycles. The van der Waals surface area contributed by atoms with Crippen molar-refractivity contribution in [2.75, 3.05) is 18.0 Å². The highest BCUT2D eigenvalue weighted by Gasteiger charge is 2.26. The molecular weight excluding hydrogens is 296 g/mol. The zero-order chi connectivity index (χ0) is 16.4. The molecule has 0 spiro atoms. The number of hydrogen-bond acceptors (Lipinski definition) is 4. The van der Waals surface area contributed by atoms with E-state index >= 15 is 0 Å². The molecule has 0 unspecified atom stereocenters. The number of anilines is 1. The van der Waals surface area contributed by atoms with E-state index in [4.69, 9.17) is 10.7 Å². The van der Waals surface area contributed by atoms with Gasteiger partial charge in [0.05, 0.1) is 5.69 Å². The van der Waals surface area contributed by atoms with Crippen molar-refractivity contribution in [3.05, 3.63) is 54.7 Å². The maximum Gasteiger partial charge on any atom is 0.226 e. The van der Waals surface area contributed by atoms with Crippen molar-refractivity contribution in [1.82, 2.24) is 9.97 Å². The van der Waals surface area contributed by atoms with Crippen LogP contribution in [0.4, 0.5) is 5.95 Å². The monoisotopic (exact) mass is 318 g/mol. The van der Waals surface area contributed by atoms with Crippen LogP contribution in [0.25, 0.3) is 22.0 Å². The topological polar surface area (TPSA) is 55.0 Å². The van der Waals surface area contributed by atoms with E-state index in [1.807, 2.05) is 12.3 Å². The Hall–Kier alpha value is -2.46. The number of nitrogens with two attached hydrogens (primary N) is 1. The molecule has 1 aromatic heterocycles. The second-order valence-electron chi connectivity index (χ2n) is 6.37. The number of rotatable bonds is 4. The Balaban J connectivity index is 1.68. The van der Waals surface area contributed by atoms with E-state index in [0.29, 0.717) is 12.6 Å². The Kier molecular flexibility index (Phi) is 4.13. The first-order chi connectivity index (χ1) is 11.8. The lowest BCUT2D eigenvalue weighted by molar-refractivity contribution is 0.609. The Morgan fingerprint density at radius 2 is 1.96 bits per heavy atom. The van der Waals surface area contributed by atoms with Crippen LogP contribution >= 0.6 is 0 Å². The smallest absolute Gasteiger partial charge is 0.226 e. The normalized spacial score (nSPS) is 17.5. The average molecular weight is 318 g/mol. The predicted molar refractivity (Wildman–Crippen MR) is 99.0 cm³/mol. The van der Waals surface area contributed by atoms with Gasteiger partial charge in [0.1, 0.15) is 0 Å². The van der Waals surface area contributed by atoms with Crippen LogP contribution < -0.4 is 10.6 Å². The molecule has 1 atom stereocenters. The fourth-order valence-corrected chi connectivity index (χ4v) is 3.59. The first-order valence-corrected chi connectivity index (χ1v) is 8.64. The molecule has 3 aromatic rings. The largest absolute Gasteiger partial charge is 0.338 e. The third kappa shape index (κ3) is 2.85. The van der Waals surface area contributed by atoms with Crippen molar-refractivity contribution < 1.29 is 0 Å². The maximum atomic E-state index is 5.75. The summed E-state index contributed by atoms with van der Waals surface area (Å²) in [6, 6.07) is 17.3. The summed E-state index contributed by atoms with van der Waals surface area (Å²) in [5.41, 5.74) is 7.86. The SMILES string of the molecule is NCC[C@@H]1CCCN1c1nccc(-c2ccc3ccccc3c2)n1. The van der Waals surface area contributed by atoms with Crippen LogP contribution in [-0.2, 0) is 0 Å². The summed E-state index contributed by atoms with van der Waals surface area (Å²) in [7, 11) is 0. The van der Waals surface area contributed by atoms with Gasteiger partial charge in [-0.15, -0.1) is 0 Å². The molecule has 0 aliphatic carbocycles. The molecule has 1 aliphatic rings. The molecule has 1 aliphatic heterocycles. The van der Waals surface area contributed by atoms with Gasteiger partial charge in [0.25, 0.3) is 0 Å². The average Bonchev–Trinajstić information content (AvgIpc) is 3.10. The molecule has 4 rings (SSSR count). The molecule has 0 bridgehead atoms. The van der Waals surface area contributed by atoms with E-state index in [1.54, 1.807) is 0 Å². The standard InChI is InChI=1S/C20H22N4/c21-11-9-18-6-3-13-24(18)20-22-12-10-19(23-20)17-8-7-15-4-1-2-5-16(15)14-17/h1-2,4-5,7-8,10,12,14,18H,3,6,9,11,13,21H2/t18-/m0/s1. The summed E-state index contributed by atoms with van der Waals surface area (Å²) < 4.78 is 0. The molecule has 2 N–H and O–H groups in total. The summed E-state index contributed by atoms with van der Waals surface area (Å²) in [5, 5.41) is 2.48. The van der Waals surface area contributed by atoms with Gasteiger partial charge in [0, 0.05) is 24.3 Å². The van der Waals surface area contributed by atoms with Crippen molar-refractivity contribution in [3.63, 3.8) is 0 Å². The van der Waals surface area contributed by atoms with Gasteiger partial charge in [-0.2, -0.15) is 0 Å². The highest BCUT2D eigenvalue weighted by Crippen LogP contribution is 2.27. The third-order valence-electron chi connectivity index (χ3n) is 4.82. The minimum atomic E-state index is 0.474. The minimum absolute atomic E-state index is 0.474. The quantitative estimate of drug-likeness (QED) is 0.798. The van der Waals surface area contributed by atoms with E-state index < -0.39 is 0 Å². The number of hydrogen-bond donors (Lipinski definition) is 1. The Morgan fingerprint density at radius 1 is 1.08 bits per heavy atom. The van der Waals surface area contributed by atoms with Crippen molar-refractivity contribution >= 4 is 16.7 Å². The summed E-state index contributed by atoms with van der Waals surface area (Å²) in [6.07, 6.45) is 5.24. The first-order valence-electron chi connectivity index (χ1n) is 8.64. The van der Waals surface area contributed by atoms with Crippen molar-refractivity contribution in [1.29, 1.82) is 0 Å². The molecule has 1 fully saturated rings. The van der Waals surface area contributed by atoms with Crippen molar-refractivity contribution in [2.24, 2.45) is 5.73 Å². The fourth-order valence-electron chi connectivity index (χ4n) is 3.59. The molecule has 122 valence electrons. The van der Waals surface area contributed by atoms with Gasteiger partial charge in [-0.05, 0) is 48.7 Å². The molecule has 0 saturated carbocycles. The molecule has 0 amide bonds. The molecule has 4 nitrogen and oxygen atoms in total. The van der Waals surface area contributed by atoms with Gasteiger partial charge in [-0.3, -0.25) is 0 Å². The highest BCUT2D eigenvalue weighted by atomic mass is 15.3. The molecule has 2 aromatic carbocycles. The predicted octanol–water partition coefficient (Wildman–Crippen LogP) is 3.61. The van der Waals surface area contributed by atoms with Gasteiger partial charge < -0.3 is 10.6 Å². The summed E-state index contributed by atoms with van der Waals surface area (Å²) in [6.45, 7) is 1.73. The lowest BCUT2D eigenvalue weighted by Crippen LogP contribution is -2.32. The second-order valence-corrected chi connectivity index (χ2v) is 6.37. The number of nitrogens with zero attached hydrogens (tertiary/aromatic N) is 3. The van der Waals surface area contributed by atoms with Gasteiger partial charge in [-0.25, -0.2) is 9.97 Å². The van der Waals surface area contributed by atoms with E-state index in [9.17, 15) is 0 Å². The van der Waals surface area contributed by atoms with Crippen LogP contribution in [0.5, 0.6) is 0 Å². The zero-order valence-electron chi connectivity index (χ0n) is 13.7. The molecule has 0 radical (unpaired) electrons. The molecule has 2 heterocycles. The number of aromatic nitrogens is 2. The Labute approximate surface area is 142 Å². The Morgan fingerprint density at radius 3 is 2.83 bits per heavy atom. The van der Waals surface area contributed by atoms with Gasteiger partial charge in [-0.1, -0.05) is 36.4 Å². The minimum Gasteiger partial charge on any atom is -0.338 e. The zero-order valence-corrected chi connectivity index (χ0v) is 13.7. The summed E-state index contributed by atoms with van der Waals surface area (Å²) in [5.74, 6) is 0.830. The van der Waals surface area contributed by atoms with Crippen LogP contribution in [0.3, 0.4) is 0 Å². The maximum absolute atomic E-state index is 5.75. The van der Waals surface area contributed by atoms with Crippen LogP contribution in [0.1, 0.15) is 19.3 Å². The molecule has 24 heavy (non-hydrogen) atoms. The fraction of sp³-hybridized carbons (Fsp3) is 0.300. The van der Waals surface area contributed by atoms with Crippen LogP contribution in [0.15, 0.2) is 54.7 Å². The number of fused-ring (bicyclic) bond motifs is 1. The van der Waals surface area contributed by atoms with Gasteiger partial charge in [0.15, 0.2) is 0 Å². The van der Waals surface area contributed by atoms with Crippen molar-refractivity contribution in [2.45, 2.75) is 25.3 Å². The van der Waals surface area contributed by atoms with E-state index in [0.717, 1.165) is 30.2 Å². The third-order valence-corrected chi connectivity index (χ3v) is 4.82. The van der Waals surface area contributed by atoms with E-state index in [-0.39, 0.29) is 0 Å². The lowest BCUT2D eigenvalue weighted by atomic mass is 10.1. The molecular formula is C20H22N4. The van der Waals surface area contributed by atoms with Crippen LogP contribution in [0.2, 0.25) is 0 Å². The first kappa shape index (κ1) is 15.1. The molecule has 4 heteroatoms. The van der Waals surface area contributed by atoms with Crippen molar-refractivity contribution in [3.8, 4) is 11.3 Å². The second kappa shape index (κ2) is 6.57. The van der Waals surface area contributed by atoms with E-state index in [2.05, 4.69) is 52.3 Å². The van der Waals surface area contributed by atoms with Gasteiger partial charge in [0.2, 0.25) is 5.95 Å². The van der Waals surface area contributed by atoms with Gasteiger partial charge >= 0.3 is 0 Å². The van der Waals surface area contributed by atoms with Crippen LogP contribution in [-0.4, -0.2) is 29.1 Å². The van der Waals surface area contributed by atoms with E-state index in [1.165, 1.54) is 23.6 Å². The number of benzene rings is 2.